The summed E-state index contributed by atoms with van der Waals surface area (Å²) in [4.78, 5) is 53.3. The van der Waals surface area contributed by atoms with Gasteiger partial charge in [0, 0.05) is 16.7 Å². The van der Waals surface area contributed by atoms with Crippen LogP contribution in [0.2, 0.25) is 0 Å². The molecule has 0 N–H and O–H groups in total. The van der Waals surface area contributed by atoms with Crippen molar-refractivity contribution < 1.29 is 38.1 Å². The molecular formula is C29H26O8S. The van der Waals surface area contributed by atoms with Crippen LogP contribution in [0.15, 0.2) is 41.3 Å². The van der Waals surface area contributed by atoms with Gasteiger partial charge >= 0.3 is 17.9 Å². The topological polar surface area (TPSA) is 105 Å². The third-order valence-electron chi connectivity index (χ3n) is 9.86. The Kier molecular flexibility index (Phi) is 4.74. The van der Waals surface area contributed by atoms with Gasteiger partial charge < -0.3 is 18.9 Å². The lowest BCUT2D eigenvalue weighted by Crippen LogP contribution is -2.56. The van der Waals surface area contributed by atoms with Crippen LogP contribution >= 0.6 is 12.6 Å². The number of hydrogen-bond donors (Lipinski definition) is 1. The lowest BCUT2D eigenvalue weighted by Gasteiger charge is -2.54. The molecule has 7 fully saturated rings. The molecule has 4 aliphatic carbocycles. The van der Waals surface area contributed by atoms with Crippen molar-refractivity contribution >= 4 is 47.1 Å². The Labute approximate surface area is 223 Å². The number of fused-ring (bicyclic) bond motifs is 2. The Morgan fingerprint density at radius 3 is 2.45 bits per heavy atom. The Morgan fingerprint density at radius 1 is 0.921 bits per heavy atom. The van der Waals surface area contributed by atoms with E-state index in [1.54, 1.807) is 12.1 Å². The zero-order valence-corrected chi connectivity index (χ0v) is 21.3. The van der Waals surface area contributed by atoms with E-state index < -0.39 is 53.6 Å². The summed E-state index contributed by atoms with van der Waals surface area (Å²) in [6, 6.07) is 11.0. The largest absolute Gasteiger partial charge is 0.455 e. The minimum atomic E-state index is -0.933. The molecule has 8 nitrogen and oxygen atoms in total. The predicted octanol–water partition coefficient (Wildman–Crippen LogP) is 3.28. The molecule has 8 atom stereocenters. The fourth-order valence-corrected chi connectivity index (χ4v) is 8.66. The predicted molar refractivity (Wildman–Crippen MR) is 133 cm³/mol. The van der Waals surface area contributed by atoms with Gasteiger partial charge in [0.25, 0.3) is 0 Å². The summed E-state index contributed by atoms with van der Waals surface area (Å²) in [5.74, 6) is -2.31. The van der Waals surface area contributed by atoms with Gasteiger partial charge in [-0.05, 0) is 73.1 Å². The Balaban J connectivity index is 1.04. The summed E-state index contributed by atoms with van der Waals surface area (Å²) < 4.78 is 23.4. The molecule has 0 aromatic heterocycles. The minimum absolute atomic E-state index is 0.0669. The van der Waals surface area contributed by atoms with E-state index in [0.29, 0.717) is 30.3 Å². The molecule has 4 saturated carbocycles. The highest BCUT2D eigenvalue weighted by atomic mass is 32.1. The molecular weight excluding hydrogens is 508 g/mol. The van der Waals surface area contributed by atoms with Crippen LogP contribution < -0.4 is 4.74 Å². The number of hydrogen-bond acceptors (Lipinski definition) is 9. The number of rotatable bonds is 4. The van der Waals surface area contributed by atoms with Crippen LogP contribution in [-0.2, 0) is 33.4 Å². The number of ether oxygens (including phenoxy) is 4. The first kappa shape index (κ1) is 23.0. The van der Waals surface area contributed by atoms with Gasteiger partial charge in [0.2, 0.25) is 0 Å². The number of carbonyl (C=O) groups excluding carboxylic acids is 4. The molecule has 0 radical (unpaired) electrons. The first-order valence-electron chi connectivity index (χ1n) is 13.3. The van der Waals surface area contributed by atoms with Crippen LogP contribution in [0.25, 0.3) is 10.8 Å². The zero-order chi connectivity index (χ0) is 25.9. The van der Waals surface area contributed by atoms with Gasteiger partial charge in [0.15, 0.2) is 12.2 Å². The second-order valence-corrected chi connectivity index (χ2v) is 12.5. The average Bonchev–Trinajstić information content (AvgIpc) is 3.51. The van der Waals surface area contributed by atoms with Gasteiger partial charge in [0.05, 0.1) is 5.41 Å². The summed E-state index contributed by atoms with van der Waals surface area (Å²) >= 11 is 4.36. The molecule has 8 unspecified atom stereocenters. The van der Waals surface area contributed by atoms with E-state index in [4.69, 9.17) is 18.9 Å². The molecule has 7 aliphatic rings. The van der Waals surface area contributed by atoms with E-state index in [-0.39, 0.29) is 17.8 Å². The van der Waals surface area contributed by atoms with Gasteiger partial charge in [-0.15, -0.1) is 12.6 Å². The third kappa shape index (κ3) is 3.14. The van der Waals surface area contributed by atoms with Crippen molar-refractivity contribution in [3.05, 3.63) is 36.4 Å². The number of thiol groups is 1. The van der Waals surface area contributed by atoms with Gasteiger partial charge in [0.1, 0.15) is 35.6 Å². The Bertz CT molecular complexity index is 1420. The van der Waals surface area contributed by atoms with E-state index in [2.05, 4.69) is 12.6 Å². The van der Waals surface area contributed by atoms with E-state index in [1.165, 1.54) is 0 Å². The van der Waals surface area contributed by atoms with Crippen LogP contribution in [0, 0.1) is 35.0 Å². The number of esters is 3. The molecule has 196 valence electrons. The van der Waals surface area contributed by atoms with Crippen molar-refractivity contribution in [3.63, 3.8) is 0 Å². The highest BCUT2D eigenvalue weighted by Gasteiger charge is 2.72. The van der Waals surface area contributed by atoms with E-state index in [0.717, 1.165) is 34.9 Å². The van der Waals surface area contributed by atoms with E-state index in [9.17, 15) is 19.2 Å². The van der Waals surface area contributed by atoms with Crippen LogP contribution in [0.5, 0.6) is 5.75 Å². The van der Waals surface area contributed by atoms with Crippen molar-refractivity contribution in [1.29, 1.82) is 0 Å². The van der Waals surface area contributed by atoms with Gasteiger partial charge in [-0.2, -0.15) is 0 Å². The van der Waals surface area contributed by atoms with Crippen LogP contribution in [0.3, 0.4) is 0 Å². The van der Waals surface area contributed by atoms with E-state index >= 15 is 0 Å². The monoisotopic (exact) mass is 534 g/mol. The molecule has 3 aliphatic heterocycles. The molecule has 3 saturated heterocycles. The summed E-state index contributed by atoms with van der Waals surface area (Å²) in [7, 11) is 0. The van der Waals surface area contributed by atoms with Crippen molar-refractivity contribution in [3.8, 4) is 5.75 Å². The van der Waals surface area contributed by atoms with Crippen molar-refractivity contribution in [2.24, 2.45) is 35.0 Å². The average molecular weight is 535 g/mol. The number of carbonyl (C=O) groups is 4. The minimum Gasteiger partial charge on any atom is -0.455 e. The fraction of sp³-hybridized carbons (Fsp3) is 0.517. The molecule has 0 amide bonds. The summed E-state index contributed by atoms with van der Waals surface area (Å²) in [5.41, 5.74) is -0.678. The number of Topliss-reactive ketones (excluding diaryl/α,β-unsaturated/α-hetero) is 1. The normalized spacial score (nSPS) is 41.6. The maximum absolute atomic E-state index is 13.7. The van der Waals surface area contributed by atoms with Crippen molar-refractivity contribution in [1.82, 2.24) is 0 Å². The molecule has 9 heteroatoms. The first-order valence-corrected chi connectivity index (χ1v) is 13.8. The highest BCUT2D eigenvalue weighted by Crippen LogP contribution is 2.60. The molecule has 38 heavy (non-hydrogen) atoms. The number of ketones is 1. The molecule has 2 aromatic rings. The smallest absolute Gasteiger partial charge is 0.318 e. The third-order valence-corrected chi connectivity index (χ3v) is 10.1. The standard InChI is InChI=1S/C29H26O8S/c30-21-15-5-12-6-16(21)11-29(9-12,10-15)28(33)37-25-23-19(20-22(35-23)24(25)36-27(20)32)26(31)34-17-3-1-14-8-18(38)4-2-13(14)7-17/h1-4,7-8,12,15-16,19-20,22-25,38H,5-6,9-11H2. The molecule has 6 bridgehead atoms. The summed E-state index contributed by atoms with van der Waals surface area (Å²) in [5, 5.41) is 1.85. The van der Waals surface area contributed by atoms with Crippen molar-refractivity contribution in [2.45, 2.75) is 61.4 Å². The van der Waals surface area contributed by atoms with Crippen LogP contribution in [0.4, 0.5) is 0 Å². The summed E-state index contributed by atoms with van der Waals surface area (Å²) in [6.45, 7) is 0. The van der Waals surface area contributed by atoms with Gasteiger partial charge in [-0.25, -0.2) is 0 Å². The zero-order valence-electron chi connectivity index (χ0n) is 20.4. The molecule has 9 rings (SSSR count). The lowest BCUT2D eigenvalue weighted by atomic mass is 9.49. The molecule has 3 heterocycles. The number of benzene rings is 2. The quantitative estimate of drug-likeness (QED) is 0.362. The second kappa shape index (κ2) is 7.82. The fourth-order valence-electron chi connectivity index (χ4n) is 8.44. The Hall–Kier alpha value is -2.91. The SMILES string of the molecule is O=C1C2CC3CC1CC(C(=O)OC1C4OC(=O)C5C4OC1C5C(=O)Oc1ccc4cc(S)ccc4c1)(C3)C2. The maximum atomic E-state index is 13.7. The van der Waals surface area contributed by atoms with Gasteiger partial charge in [-0.3, -0.25) is 19.2 Å². The van der Waals surface area contributed by atoms with Crippen molar-refractivity contribution in [2.75, 3.05) is 0 Å². The summed E-state index contributed by atoms with van der Waals surface area (Å²) in [6.07, 6.45) is 0.432. The highest BCUT2D eigenvalue weighted by molar-refractivity contribution is 7.80. The van der Waals surface area contributed by atoms with E-state index in [1.807, 2.05) is 24.3 Å². The lowest BCUT2D eigenvalue weighted by molar-refractivity contribution is -0.186. The Morgan fingerprint density at radius 2 is 1.66 bits per heavy atom. The molecule has 2 aromatic carbocycles. The first-order chi connectivity index (χ1) is 18.3. The van der Waals surface area contributed by atoms with Crippen LogP contribution in [0.1, 0.15) is 32.1 Å². The van der Waals surface area contributed by atoms with Crippen LogP contribution in [-0.4, -0.2) is 48.1 Å². The van der Waals surface area contributed by atoms with Gasteiger partial charge in [-0.1, -0.05) is 12.1 Å². The molecule has 0 spiro atoms. The second-order valence-electron chi connectivity index (χ2n) is 12.0. The maximum Gasteiger partial charge on any atom is 0.318 e.